The summed E-state index contributed by atoms with van der Waals surface area (Å²) < 4.78 is 5.44. The van der Waals surface area contributed by atoms with Crippen LogP contribution in [-0.2, 0) is 21.4 Å². The highest BCUT2D eigenvalue weighted by Crippen LogP contribution is 2.47. The zero-order valence-corrected chi connectivity index (χ0v) is 21.1. The Morgan fingerprint density at radius 1 is 1.17 bits per heavy atom. The van der Waals surface area contributed by atoms with Gasteiger partial charge in [0.25, 0.3) is 0 Å². The minimum Gasteiger partial charge on any atom is -0.383 e. The van der Waals surface area contributed by atoms with Gasteiger partial charge in [-0.05, 0) is 43.0 Å². The molecule has 2 aromatic carbocycles. The van der Waals surface area contributed by atoms with Crippen LogP contribution in [0.3, 0.4) is 0 Å². The molecular formula is C28H38N4O3. The van der Waals surface area contributed by atoms with Gasteiger partial charge in [-0.3, -0.25) is 14.6 Å². The number of fused-ring (bicyclic) bond motifs is 2. The van der Waals surface area contributed by atoms with Gasteiger partial charge in [0.05, 0.1) is 13.2 Å². The van der Waals surface area contributed by atoms with Crippen molar-refractivity contribution in [3.05, 3.63) is 65.2 Å². The number of benzene rings is 2. The maximum Gasteiger partial charge on any atom is 0.241 e. The van der Waals surface area contributed by atoms with Gasteiger partial charge in [0.15, 0.2) is 0 Å². The van der Waals surface area contributed by atoms with Crippen molar-refractivity contribution in [2.24, 2.45) is 0 Å². The Morgan fingerprint density at radius 2 is 1.94 bits per heavy atom. The summed E-state index contributed by atoms with van der Waals surface area (Å²) in [5.41, 5.74) is 4.65. The molecule has 0 saturated carbocycles. The van der Waals surface area contributed by atoms with E-state index in [1.165, 1.54) is 16.7 Å². The quantitative estimate of drug-likeness (QED) is 0.633. The number of hydrogen-bond donors (Lipinski definition) is 2. The van der Waals surface area contributed by atoms with Crippen LogP contribution < -0.4 is 10.2 Å². The molecule has 7 nitrogen and oxygen atoms in total. The molecule has 2 aromatic rings. The zero-order valence-electron chi connectivity index (χ0n) is 21.1. The average Bonchev–Trinajstić information content (AvgIpc) is 3.16. The number of amides is 1. The largest absolute Gasteiger partial charge is 0.383 e. The first kappa shape index (κ1) is 24.4. The Morgan fingerprint density at radius 3 is 2.66 bits per heavy atom. The van der Waals surface area contributed by atoms with E-state index >= 15 is 0 Å². The van der Waals surface area contributed by atoms with Gasteiger partial charge >= 0.3 is 0 Å². The van der Waals surface area contributed by atoms with Crippen LogP contribution in [0, 0.1) is 0 Å². The average molecular weight is 479 g/mol. The van der Waals surface area contributed by atoms with Gasteiger partial charge in [-0.1, -0.05) is 42.5 Å². The molecule has 2 unspecified atom stereocenters. The van der Waals surface area contributed by atoms with Crippen molar-refractivity contribution in [1.29, 1.82) is 0 Å². The molecule has 35 heavy (non-hydrogen) atoms. The summed E-state index contributed by atoms with van der Waals surface area (Å²) in [6.07, 6.45) is 0.372. The van der Waals surface area contributed by atoms with Gasteiger partial charge in [0, 0.05) is 63.0 Å². The number of likely N-dealkylation sites (tertiary alicyclic amines) is 1. The zero-order chi connectivity index (χ0) is 24.6. The number of anilines is 1. The van der Waals surface area contributed by atoms with Crippen molar-refractivity contribution < 1.29 is 14.6 Å². The Balaban J connectivity index is 1.40. The number of nitrogens with one attached hydrogen (secondary N) is 1. The fraction of sp³-hybridized carbons (Fsp3) is 0.536. The van der Waals surface area contributed by atoms with Crippen LogP contribution in [0.1, 0.15) is 30.5 Å². The second kappa shape index (κ2) is 9.99. The summed E-state index contributed by atoms with van der Waals surface area (Å²) in [6.45, 7) is 8.85. The molecule has 0 aliphatic carbocycles. The highest BCUT2D eigenvalue weighted by atomic mass is 16.5. The number of ether oxygens (including phenoxy) is 1. The van der Waals surface area contributed by atoms with Crippen LogP contribution in [0.4, 0.5) is 5.69 Å². The third-order valence-corrected chi connectivity index (χ3v) is 7.90. The molecule has 0 bridgehead atoms. The number of hydrogen-bond acceptors (Lipinski definition) is 6. The van der Waals surface area contributed by atoms with E-state index in [4.69, 9.17) is 4.74 Å². The van der Waals surface area contributed by atoms with E-state index in [-0.39, 0.29) is 17.4 Å². The molecule has 5 rings (SSSR count). The third-order valence-electron chi connectivity index (χ3n) is 7.90. The van der Waals surface area contributed by atoms with E-state index in [9.17, 15) is 9.90 Å². The van der Waals surface area contributed by atoms with Crippen molar-refractivity contribution in [3.8, 4) is 0 Å². The van der Waals surface area contributed by atoms with Crippen molar-refractivity contribution in [2.45, 2.75) is 44.0 Å². The fourth-order valence-electron chi connectivity index (χ4n) is 5.99. The van der Waals surface area contributed by atoms with E-state index in [1.54, 1.807) is 7.11 Å². The van der Waals surface area contributed by atoms with Crippen molar-refractivity contribution in [2.75, 3.05) is 57.9 Å². The predicted molar refractivity (Wildman–Crippen MR) is 138 cm³/mol. The number of rotatable bonds is 7. The van der Waals surface area contributed by atoms with Crippen LogP contribution in [0.15, 0.2) is 48.5 Å². The first-order chi connectivity index (χ1) is 16.9. The fourth-order valence-corrected chi connectivity index (χ4v) is 5.99. The lowest BCUT2D eigenvalue weighted by atomic mass is 9.75. The SMILES string of the molecule is COC[C@H]1CNC(C)CN1CC(=O)N1CC2(CN(C(C)O)C2)c2ccc(Cc3ccccc3)cc21. The van der Waals surface area contributed by atoms with Crippen LogP contribution in [0.5, 0.6) is 0 Å². The predicted octanol–water partition coefficient (Wildman–Crippen LogP) is 1.82. The molecular weight excluding hydrogens is 440 g/mol. The summed E-state index contributed by atoms with van der Waals surface area (Å²) in [6, 6.07) is 17.6. The molecule has 3 aliphatic heterocycles. The molecule has 0 aromatic heterocycles. The highest BCUT2D eigenvalue weighted by Gasteiger charge is 2.53. The number of carbonyl (C=O) groups excluding carboxylic acids is 1. The lowest BCUT2D eigenvalue weighted by Gasteiger charge is -2.49. The molecule has 3 heterocycles. The Bertz CT molecular complexity index is 1040. The van der Waals surface area contributed by atoms with E-state index < -0.39 is 6.23 Å². The monoisotopic (exact) mass is 478 g/mol. The molecule has 2 N–H and O–H groups in total. The smallest absolute Gasteiger partial charge is 0.241 e. The van der Waals surface area contributed by atoms with Gasteiger partial charge in [-0.15, -0.1) is 0 Å². The van der Waals surface area contributed by atoms with Gasteiger partial charge < -0.3 is 20.1 Å². The maximum atomic E-state index is 13.8. The Kier molecular flexibility index (Phi) is 6.97. The first-order valence-corrected chi connectivity index (χ1v) is 12.7. The Hall–Kier alpha value is -2.29. The summed E-state index contributed by atoms with van der Waals surface area (Å²) in [5, 5.41) is 13.6. The lowest BCUT2D eigenvalue weighted by molar-refractivity contribution is -0.121. The standard InChI is InChI=1S/C28H38N4O3/c1-20-14-30(24(13-29-20)16-35-3)15-27(34)32-19-28(17-31(18-28)21(2)33)25-10-9-23(12-26(25)32)11-22-7-5-4-6-8-22/h4-10,12,20-21,24,29,33H,11,13-19H2,1-3H3/t20?,21?,24-/m1/s1. The number of methoxy groups -OCH3 is 1. The molecule has 3 aliphatic rings. The van der Waals surface area contributed by atoms with E-state index in [2.05, 4.69) is 64.5 Å². The summed E-state index contributed by atoms with van der Waals surface area (Å²) in [4.78, 5) is 20.2. The van der Waals surface area contributed by atoms with E-state index in [0.717, 1.165) is 38.3 Å². The second-order valence-corrected chi connectivity index (χ2v) is 10.7. The molecule has 1 spiro atoms. The minimum atomic E-state index is -0.469. The molecule has 1 amide bonds. The molecule has 2 saturated heterocycles. The van der Waals surface area contributed by atoms with E-state index in [1.807, 2.05) is 17.9 Å². The van der Waals surface area contributed by atoms with E-state index in [0.29, 0.717) is 25.7 Å². The molecule has 0 radical (unpaired) electrons. The summed E-state index contributed by atoms with van der Waals surface area (Å²) in [7, 11) is 1.72. The number of nitrogens with zero attached hydrogens (tertiary/aromatic N) is 3. The van der Waals surface area contributed by atoms with Gasteiger partial charge in [-0.2, -0.15) is 0 Å². The van der Waals surface area contributed by atoms with Crippen LogP contribution in [0.2, 0.25) is 0 Å². The van der Waals surface area contributed by atoms with Crippen molar-refractivity contribution >= 4 is 11.6 Å². The number of piperazine rings is 1. The van der Waals surface area contributed by atoms with Crippen molar-refractivity contribution in [1.82, 2.24) is 15.1 Å². The molecule has 3 atom stereocenters. The van der Waals surface area contributed by atoms with Gasteiger partial charge in [0.1, 0.15) is 6.23 Å². The normalized spacial score (nSPS) is 24.9. The van der Waals surface area contributed by atoms with Crippen LogP contribution in [0.25, 0.3) is 0 Å². The minimum absolute atomic E-state index is 0.101. The molecule has 2 fully saturated rings. The van der Waals surface area contributed by atoms with Crippen molar-refractivity contribution in [3.63, 3.8) is 0 Å². The van der Waals surface area contributed by atoms with Crippen LogP contribution in [-0.4, -0.2) is 92.1 Å². The number of carbonyl (C=O) groups is 1. The lowest BCUT2D eigenvalue weighted by Crippen LogP contribution is -2.64. The highest BCUT2D eigenvalue weighted by molar-refractivity contribution is 5.98. The number of aliphatic hydroxyl groups is 1. The van der Waals surface area contributed by atoms with Gasteiger partial charge in [-0.25, -0.2) is 0 Å². The first-order valence-electron chi connectivity index (χ1n) is 12.7. The van der Waals surface area contributed by atoms with Crippen LogP contribution >= 0.6 is 0 Å². The molecule has 188 valence electrons. The molecule has 7 heteroatoms. The Labute approximate surface area is 208 Å². The second-order valence-electron chi connectivity index (χ2n) is 10.7. The topological polar surface area (TPSA) is 68.3 Å². The van der Waals surface area contributed by atoms with Gasteiger partial charge in [0.2, 0.25) is 5.91 Å². The number of aliphatic hydroxyl groups excluding tert-OH is 1. The maximum absolute atomic E-state index is 13.8. The summed E-state index contributed by atoms with van der Waals surface area (Å²) in [5.74, 6) is 0.144. The summed E-state index contributed by atoms with van der Waals surface area (Å²) >= 11 is 0. The third kappa shape index (κ3) is 4.88.